The van der Waals surface area contributed by atoms with Crippen molar-refractivity contribution in [1.82, 2.24) is 5.32 Å². The highest BCUT2D eigenvalue weighted by atomic mass is 79.9. The standard InChI is InChI=1S/C18H20BrClN2O2/c1-11-4-6-14(9-16(11)20)22-18(23)10-21-12(2)13-5-7-17(24-3)15(19)8-13/h4-9,12,21H,10H2,1-3H3,(H,22,23)/t12-/m1/s1. The zero-order valence-electron chi connectivity index (χ0n) is 13.8. The first-order valence-corrected chi connectivity index (χ1v) is 8.70. The maximum Gasteiger partial charge on any atom is 0.238 e. The highest BCUT2D eigenvalue weighted by Gasteiger charge is 2.10. The molecule has 6 heteroatoms. The number of benzene rings is 2. The summed E-state index contributed by atoms with van der Waals surface area (Å²) in [6.07, 6.45) is 0. The lowest BCUT2D eigenvalue weighted by Crippen LogP contribution is -2.30. The molecule has 0 unspecified atom stereocenters. The molecule has 2 aromatic rings. The second-order valence-electron chi connectivity index (χ2n) is 5.51. The lowest BCUT2D eigenvalue weighted by Gasteiger charge is -2.15. The minimum atomic E-state index is -0.116. The molecule has 2 N–H and O–H groups in total. The number of hydrogen-bond donors (Lipinski definition) is 2. The monoisotopic (exact) mass is 410 g/mol. The van der Waals surface area contributed by atoms with Gasteiger partial charge < -0.3 is 15.4 Å². The van der Waals surface area contributed by atoms with Crippen LogP contribution in [0.1, 0.15) is 24.1 Å². The number of amides is 1. The molecule has 0 saturated heterocycles. The third-order valence-corrected chi connectivity index (χ3v) is 4.73. The summed E-state index contributed by atoms with van der Waals surface area (Å²) in [5, 5.41) is 6.67. The molecular weight excluding hydrogens is 392 g/mol. The summed E-state index contributed by atoms with van der Waals surface area (Å²) in [5.41, 5.74) is 2.73. The van der Waals surface area contributed by atoms with E-state index >= 15 is 0 Å². The molecule has 0 fully saturated rings. The summed E-state index contributed by atoms with van der Waals surface area (Å²) >= 11 is 9.53. The number of methoxy groups -OCH3 is 1. The normalized spacial score (nSPS) is 11.9. The molecule has 1 atom stereocenters. The van der Waals surface area contributed by atoms with Crippen molar-refractivity contribution in [2.24, 2.45) is 0 Å². The van der Waals surface area contributed by atoms with Gasteiger partial charge in [-0.25, -0.2) is 0 Å². The number of rotatable bonds is 6. The molecule has 1 amide bonds. The number of ether oxygens (including phenoxy) is 1. The maximum absolute atomic E-state index is 12.1. The van der Waals surface area contributed by atoms with Crippen molar-refractivity contribution in [2.75, 3.05) is 19.0 Å². The largest absolute Gasteiger partial charge is 0.496 e. The molecular formula is C18H20BrClN2O2. The van der Waals surface area contributed by atoms with Crippen molar-refractivity contribution >= 4 is 39.1 Å². The number of anilines is 1. The van der Waals surface area contributed by atoms with Crippen LogP contribution >= 0.6 is 27.5 Å². The first-order valence-electron chi connectivity index (χ1n) is 7.53. The molecule has 2 aromatic carbocycles. The summed E-state index contributed by atoms with van der Waals surface area (Å²) in [6, 6.07) is 11.3. The van der Waals surface area contributed by atoms with Gasteiger partial charge in [-0.3, -0.25) is 4.79 Å². The topological polar surface area (TPSA) is 50.4 Å². The summed E-state index contributed by atoms with van der Waals surface area (Å²) in [4.78, 5) is 12.1. The van der Waals surface area contributed by atoms with Crippen LogP contribution in [0.4, 0.5) is 5.69 Å². The predicted octanol–water partition coefficient (Wildman–Crippen LogP) is 4.71. The molecule has 0 aliphatic carbocycles. The Bertz CT molecular complexity index is 737. The van der Waals surface area contributed by atoms with Crippen LogP contribution in [0.25, 0.3) is 0 Å². The molecule has 0 radical (unpaired) electrons. The van der Waals surface area contributed by atoms with Gasteiger partial charge in [0.25, 0.3) is 0 Å². The van der Waals surface area contributed by atoms with Crippen LogP contribution in [0, 0.1) is 6.92 Å². The number of hydrogen-bond acceptors (Lipinski definition) is 3. The number of nitrogens with one attached hydrogen (secondary N) is 2. The molecule has 0 aliphatic heterocycles. The second-order valence-corrected chi connectivity index (χ2v) is 6.77. The number of halogens is 2. The summed E-state index contributed by atoms with van der Waals surface area (Å²) in [7, 11) is 1.63. The predicted molar refractivity (Wildman–Crippen MR) is 102 cm³/mol. The molecule has 0 bridgehead atoms. The van der Waals surface area contributed by atoms with Crippen molar-refractivity contribution in [3.63, 3.8) is 0 Å². The Morgan fingerprint density at radius 2 is 2.04 bits per heavy atom. The van der Waals surface area contributed by atoms with E-state index in [0.717, 1.165) is 21.3 Å². The van der Waals surface area contributed by atoms with Crippen LogP contribution in [0.3, 0.4) is 0 Å². The second kappa shape index (κ2) is 8.51. The van der Waals surface area contributed by atoms with E-state index in [0.29, 0.717) is 10.7 Å². The van der Waals surface area contributed by atoms with Gasteiger partial charge in [-0.2, -0.15) is 0 Å². The van der Waals surface area contributed by atoms with Gasteiger partial charge in [0.2, 0.25) is 5.91 Å². The van der Waals surface area contributed by atoms with Gasteiger partial charge in [-0.05, 0) is 65.2 Å². The van der Waals surface area contributed by atoms with Gasteiger partial charge >= 0.3 is 0 Å². The number of aryl methyl sites for hydroxylation is 1. The Hall–Kier alpha value is -1.56. The van der Waals surface area contributed by atoms with E-state index in [4.69, 9.17) is 16.3 Å². The van der Waals surface area contributed by atoms with Gasteiger partial charge in [-0.15, -0.1) is 0 Å². The molecule has 0 heterocycles. The molecule has 2 rings (SSSR count). The van der Waals surface area contributed by atoms with Crippen LogP contribution in [0.5, 0.6) is 5.75 Å². The van der Waals surface area contributed by atoms with Crippen LogP contribution in [-0.2, 0) is 4.79 Å². The van der Waals surface area contributed by atoms with Gasteiger partial charge in [-0.1, -0.05) is 23.7 Å². The Labute approximate surface area is 155 Å². The SMILES string of the molecule is COc1ccc([C@@H](C)NCC(=O)Nc2ccc(C)c(Cl)c2)cc1Br. The minimum absolute atomic E-state index is 0.0274. The van der Waals surface area contributed by atoms with Crippen molar-refractivity contribution in [1.29, 1.82) is 0 Å². The minimum Gasteiger partial charge on any atom is -0.496 e. The smallest absolute Gasteiger partial charge is 0.238 e. The quantitative estimate of drug-likeness (QED) is 0.724. The van der Waals surface area contributed by atoms with Crippen LogP contribution in [-0.4, -0.2) is 19.6 Å². The summed E-state index contributed by atoms with van der Waals surface area (Å²) in [6.45, 7) is 4.13. The maximum atomic E-state index is 12.1. The fourth-order valence-electron chi connectivity index (χ4n) is 2.19. The third kappa shape index (κ3) is 4.97. The molecule has 4 nitrogen and oxygen atoms in total. The first kappa shape index (κ1) is 18.8. The lowest BCUT2D eigenvalue weighted by atomic mass is 10.1. The van der Waals surface area contributed by atoms with E-state index < -0.39 is 0 Å². The van der Waals surface area contributed by atoms with E-state index in [1.54, 1.807) is 13.2 Å². The average molecular weight is 412 g/mol. The fourth-order valence-corrected chi connectivity index (χ4v) is 2.93. The van der Waals surface area contributed by atoms with Crippen LogP contribution < -0.4 is 15.4 Å². The first-order chi connectivity index (χ1) is 11.4. The van der Waals surface area contributed by atoms with Crippen LogP contribution in [0.2, 0.25) is 5.02 Å². The third-order valence-electron chi connectivity index (χ3n) is 3.70. The van der Waals surface area contributed by atoms with Gasteiger partial charge in [0.15, 0.2) is 0 Å². The number of carbonyl (C=O) groups is 1. The molecule has 0 saturated carbocycles. The van der Waals surface area contributed by atoms with E-state index in [9.17, 15) is 4.79 Å². The summed E-state index contributed by atoms with van der Waals surface area (Å²) in [5.74, 6) is 0.661. The highest BCUT2D eigenvalue weighted by molar-refractivity contribution is 9.10. The molecule has 128 valence electrons. The van der Waals surface area contributed by atoms with E-state index in [2.05, 4.69) is 26.6 Å². The van der Waals surface area contributed by atoms with Crippen molar-refractivity contribution in [3.8, 4) is 5.75 Å². The van der Waals surface area contributed by atoms with Gasteiger partial charge in [0.05, 0.1) is 18.1 Å². The highest BCUT2D eigenvalue weighted by Crippen LogP contribution is 2.28. The molecule has 0 aliphatic rings. The Kier molecular flexibility index (Phi) is 6.66. The van der Waals surface area contributed by atoms with E-state index in [-0.39, 0.29) is 18.5 Å². The molecule has 0 spiro atoms. The zero-order chi connectivity index (χ0) is 17.7. The molecule has 24 heavy (non-hydrogen) atoms. The molecule has 0 aromatic heterocycles. The summed E-state index contributed by atoms with van der Waals surface area (Å²) < 4.78 is 6.10. The lowest BCUT2D eigenvalue weighted by molar-refractivity contribution is -0.115. The number of carbonyl (C=O) groups excluding carboxylic acids is 1. The average Bonchev–Trinajstić information content (AvgIpc) is 2.56. The van der Waals surface area contributed by atoms with Crippen LogP contribution in [0.15, 0.2) is 40.9 Å². The van der Waals surface area contributed by atoms with Crippen molar-refractivity contribution in [3.05, 3.63) is 57.0 Å². The van der Waals surface area contributed by atoms with Crippen molar-refractivity contribution < 1.29 is 9.53 Å². The van der Waals surface area contributed by atoms with Gasteiger partial charge in [0, 0.05) is 16.8 Å². The Morgan fingerprint density at radius 3 is 2.67 bits per heavy atom. The zero-order valence-corrected chi connectivity index (χ0v) is 16.2. The Balaban J connectivity index is 1.90. The van der Waals surface area contributed by atoms with E-state index in [1.807, 2.05) is 44.2 Å². The van der Waals surface area contributed by atoms with Crippen molar-refractivity contribution in [2.45, 2.75) is 19.9 Å². The van der Waals surface area contributed by atoms with E-state index in [1.165, 1.54) is 0 Å². The fraction of sp³-hybridized carbons (Fsp3) is 0.278. The Morgan fingerprint density at radius 1 is 1.29 bits per heavy atom. The van der Waals surface area contributed by atoms with Gasteiger partial charge in [0.1, 0.15) is 5.75 Å².